The van der Waals surface area contributed by atoms with Gasteiger partial charge in [-0.15, -0.1) is 0 Å². The molecule has 0 N–H and O–H groups in total. The van der Waals surface area contributed by atoms with Gasteiger partial charge in [-0.1, -0.05) is 36.2 Å². The molecular formula is C27H34BrNO5. The zero-order valence-corrected chi connectivity index (χ0v) is 22.3. The van der Waals surface area contributed by atoms with Crippen LogP contribution < -0.4 is 9.47 Å². The summed E-state index contributed by atoms with van der Waals surface area (Å²) in [6.07, 6.45) is 6.15. The smallest absolute Gasteiger partial charge is 0.315 e. The van der Waals surface area contributed by atoms with Crippen LogP contribution in [0.4, 0.5) is 0 Å². The van der Waals surface area contributed by atoms with E-state index in [0.29, 0.717) is 35.6 Å². The Morgan fingerprint density at radius 2 is 1.71 bits per heavy atom. The van der Waals surface area contributed by atoms with Gasteiger partial charge in [0.25, 0.3) is 0 Å². The SMILES string of the molecule is COc1cc(Br)c([C@H]2C3=C(CC(C)(C)CC3=O)N=C(C)C2C(=O)OC2CCCCC2)cc1OC. The lowest BCUT2D eigenvalue weighted by atomic mass is 9.67. The minimum Gasteiger partial charge on any atom is -0.493 e. The van der Waals surface area contributed by atoms with Crippen LogP contribution in [0.15, 0.2) is 32.9 Å². The molecule has 6 nitrogen and oxygen atoms in total. The fourth-order valence-electron chi connectivity index (χ4n) is 5.62. The largest absolute Gasteiger partial charge is 0.493 e. The van der Waals surface area contributed by atoms with Crippen LogP contribution in [-0.2, 0) is 14.3 Å². The van der Waals surface area contributed by atoms with E-state index in [4.69, 9.17) is 19.2 Å². The zero-order chi connectivity index (χ0) is 24.6. The van der Waals surface area contributed by atoms with Crippen LogP contribution in [0.2, 0.25) is 0 Å². The molecule has 7 heteroatoms. The van der Waals surface area contributed by atoms with Crippen molar-refractivity contribution in [2.45, 2.75) is 77.7 Å². The first-order valence-corrected chi connectivity index (χ1v) is 12.9. The number of nitrogens with zero attached hydrogens (tertiary/aromatic N) is 1. The molecule has 2 atom stereocenters. The molecule has 0 radical (unpaired) electrons. The number of benzene rings is 1. The summed E-state index contributed by atoms with van der Waals surface area (Å²) in [6.45, 7) is 6.05. The molecule has 184 valence electrons. The third kappa shape index (κ3) is 4.81. The Morgan fingerprint density at radius 1 is 1.06 bits per heavy atom. The predicted molar refractivity (Wildman–Crippen MR) is 135 cm³/mol. The molecule has 0 amide bonds. The lowest BCUT2D eigenvalue weighted by Gasteiger charge is -2.39. The fourth-order valence-corrected chi connectivity index (χ4v) is 6.18. The van der Waals surface area contributed by atoms with E-state index in [0.717, 1.165) is 41.4 Å². The first-order chi connectivity index (χ1) is 16.1. The number of Topliss-reactive ketones (excluding diaryl/α,β-unsaturated/α-hetero) is 1. The van der Waals surface area contributed by atoms with Crippen molar-refractivity contribution in [2.75, 3.05) is 14.2 Å². The molecule has 1 aliphatic heterocycles. The quantitative estimate of drug-likeness (QED) is 0.425. The van der Waals surface area contributed by atoms with E-state index in [1.165, 1.54) is 6.42 Å². The van der Waals surface area contributed by atoms with E-state index in [2.05, 4.69) is 29.8 Å². The highest BCUT2D eigenvalue weighted by molar-refractivity contribution is 9.10. The van der Waals surface area contributed by atoms with Crippen molar-refractivity contribution in [1.29, 1.82) is 0 Å². The molecular weight excluding hydrogens is 498 g/mol. The number of ketones is 1. The summed E-state index contributed by atoms with van der Waals surface area (Å²) in [7, 11) is 3.16. The molecule has 1 fully saturated rings. The number of allylic oxidation sites excluding steroid dienone is 2. The molecule has 1 aromatic carbocycles. The van der Waals surface area contributed by atoms with Crippen LogP contribution in [0.3, 0.4) is 0 Å². The summed E-state index contributed by atoms with van der Waals surface area (Å²) < 4.78 is 17.8. The van der Waals surface area contributed by atoms with Gasteiger partial charge in [0.2, 0.25) is 0 Å². The number of hydrogen-bond donors (Lipinski definition) is 0. The Bertz CT molecular complexity index is 1050. The monoisotopic (exact) mass is 531 g/mol. The predicted octanol–water partition coefficient (Wildman–Crippen LogP) is 6.16. The number of methoxy groups -OCH3 is 2. The van der Waals surface area contributed by atoms with E-state index >= 15 is 0 Å². The summed E-state index contributed by atoms with van der Waals surface area (Å²) in [6, 6.07) is 3.70. The molecule has 3 aliphatic rings. The van der Waals surface area contributed by atoms with Crippen LogP contribution in [0.5, 0.6) is 11.5 Å². The van der Waals surface area contributed by atoms with Gasteiger partial charge in [0.1, 0.15) is 12.0 Å². The third-order valence-electron chi connectivity index (χ3n) is 7.23. The molecule has 1 heterocycles. The maximum absolute atomic E-state index is 13.6. The van der Waals surface area contributed by atoms with Gasteiger partial charge in [-0.3, -0.25) is 14.6 Å². The minimum absolute atomic E-state index is 0.0460. The second-order valence-electron chi connectivity index (χ2n) is 10.4. The van der Waals surface area contributed by atoms with Gasteiger partial charge in [-0.25, -0.2) is 0 Å². The topological polar surface area (TPSA) is 74.2 Å². The maximum Gasteiger partial charge on any atom is 0.315 e. The van der Waals surface area contributed by atoms with Crippen molar-refractivity contribution in [2.24, 2.45) is 16.3 Å². The van der Waals surface area contributed by atoms with E-state index in [-0.39, 0.29) is 23.3 Å². The number of carbonyl (C=O) groups is 2. The second-order valence-corrected chi connectivity index (χ2v) is 11.3. The average Bonchev–Trinajstić information content (AvgIpc) is 2.77. The van der Waals surface area contributed by atoms with Crippen molar-refractivity contribution in [3.63, 3.8) is 0 Å². The highest BCUT2D eigenvalue weighted by atomic mass is 79.9. The van der Waals surface area contributed by atoms with Gasteiger partial charge in [0, 0.05) is 33.8 Å². The van der Waals surface area contributed by atoms with Crippen molar-refractivity contribution in [3.05, 3.63) is 33.4 Å². The Hall–Kier alpha value is -2.15. The van der Waals surface area contributed by atoms with Gasteiger partial charge in [0.15, 0.2) is 17.3 Å². The summed E-state index contributed by atoms with van der Waals surface area (Å²) in [5.74, 6) is -0.299. The van der Waals surface area contributed by atoms with Crippen LogP contribution in [0.1, 0.15) is 77.2 Å². The van der Waals surface area contributed by atoms with E-state index < -0.39 is 11.8 Å². The van der Waals surface area contributed by atoms with Crippen LogP contribution in [-0.4, -0.2) is 37.8 Å². The van der Waals surface area contributed by atoms with Gasteiger partial charge >= 0.3 is 5.97 Å². The molecule has 2 aliphatic carbocycles. The van der Waals surface area contributed by atoms with E-state index in [1.54, 1.807) is 14.2 Å². The molecule has 1 aromatic rings. The third-order valence-corrected chi connectivity index (χ3v) is 7.92. The number of rotatable bonds is 5. The lowest BCUT2D eigenvalue weighted by molar-refractivity contribution is -0.153. The summed E-state index contributed by atoms with van der Waals surface area (Å²) in [4.78, 5) is 32.0. The molecule has 4 rings (SSSR count). The summed E-state index contributed by atoms with van der Waals surface area (Å²) in [5.41, 5.74) is 2.74. The van der Waals surface area contributed by atoms with Crippen LogP contribution >= 0.6 is 15.9 Å². The van der Waals surface area contributed by atoms with Crippen molar-refractivity contribution in [1.82, 2.24) is 0 Å². The highest BCUT2D eigenvalue weighted by Gasteiger charge is 2.47. The van der Waals surface area contributed by atoms with Crippen molar-refractivity contribution >= 4 is 33.4 Å². The van der Waals surface area contributed by atoms with E-state index in [9.17, 15) is 9.59 Å². The van der Waals surface area contributed by atoms with Gasteiger partial charge < -0.3 is 14.2 Å². The first kappa shape index (κ1) is 25.0. The second kappa shape index (κ2) is 9.84. The number of halogens is 1. The Labute approximate surface area is 210 Å². The summed E-state index contributed by atoms with van der Waals surface area (Å²) >= 11 is 3.68. The molecule has 1 saturated carbocycles. The normalized spacial score (nSPS) is 24.9. The Balaban J connectivity index is 1.83. The fraction of sp³-hybridized carbons (Fsp3) is 0.593. The van der Waals surface area contributed by atoms with Gasteiger partial charge in [-0.2, -0.15) is 0 Å². The first-order valence-electron chi connectivity index (χ1n) is 12.1. The maximum atomic E-state index is 13.6. The van der Waals surface area contributed by atoms with Gasteiger partial charge in [0.05, 0.1) is 14.2 Å². The number of aliphatic imine (C=N–C) groups is 1. The molecule has 34 heavy (non-hydrogen) atoms. The zero-order valence-electron chi connectivity index (χ0n) is 20.7. The van der Waals surface area contributed by atoms with Crippen molar-refractivity contribution < 1.29 is 23.8 Å². The summed E-state index contributed by atoms with van der Waals surface area (Å²) in [5, 5.41) is 0. The Morgan fingerprint density at radius 3 is 2.35 bits per heavy atom. The molecule has 1 unspecified atom stereocenters. The number of esters is 1. The minimum atomic E-state index is -0.666. The molecule has 0 spiro atoms. The lowest BCUT2D eigenvalue weighted by Crippen LogP contribution is -2.40. The standard InChI is InChI=1S/C27H34BrNO5/c1-15-23(26(31)34-16-9-7-6-8-10-16)24(17-11-21(32-4)22(33-5)12-18(17)28)25-19(29-15)13-27(2,3)14-20(25)30/h11-12,16,23-24H,6-10,13-14H2,1-5H3/t23?,24-/m1/s1. The number of carbonyl (C=O) groups excluding carboxylic acids is 2. The van der Waals surface area contributed by atoms with Crippen LogP contribution in [0.25, 0.3) is 0 Å². The highest BCUT2D eigenvalue weighted by Crippen LogP contribution is 2.50. The molecule has 0 aromatic heterocycles. The van der Waals surface area contributed by atoms with Crippen LogP contribution in [0, 0.1) is 11.3 Å². The molecule has 0 saturated heterocycles. The number of hydrogen-bond acceptors (Lipinski definition) is 6. The van der Waals surface area contributed by atoms with Crippen molar-refractivity contribution in [3.8, 4) is 11.5 Å². The molecule has 0 bridgehead atoms. The Kier molecular flexibility index (Phi) is 7.22. The number of ether oxygens (including phenoxy) is 3. The van der Waals surface area contributed by atoms with Gasteiger partial charge in [-0.05, 0) is 62.1 Å². The average molecular weight is 532 g/mol. The van der Waals surface area contributed by atoms with E-state index in [1.807, 2.05) is 19.1 Å².